The molecule has 2 aliphatic rings. The molecule has 0 bridgehead atoms. The number of ether oxygens (including phenoxy) is 1. The van der Waals surface area contributed by atoms with Crippen molar-refractivity contribution in [3.8, 4) is 5.88 Å². The van der Waals surface area contributed by atoms with Gasteiger partial charge in [-0.05, 0) is 49.9 Å². The van der Waals surface area contributed by atoms with Gasteiger partial charge in [-0.2, -0.15) is 0 Å². The van der Waals surface area contributed by atoms with Gasteiger partial charge in [-0.1, -0.05) is 24.3 Å². The third-order valence-electron chi connectivity index (χ3n) is 5.95. The number of carbonyl (C=O) groups is 1. The first kappa shape index (κ1) is 18.9. The zero-order chi connectivity index (χ0) is 19.3. The number of methoxy groups -OCH3 is 1. The second kappa shape index (κ2) is 8.74. The van der Waals surface area contributed by atoms with Gasteiger partial charge in [0.2, 0.25) is 11.8 Å². The fourth-order valence-corrected chi connectivity index (χ4v) is 4.37. The van der Waals surface area contributed by atoms with Crippen LogP contribution < -0.4 is 9.64 Å². The minimum atomic E-state index is 0.268. The molecular weight excluding hydrogens is 350 g/mol. The van der Waals surface area contributed by atoms with Crippen molar-refractivity contribution in [2.24, 2.45) is 0 Å². The standard InChI is InChI=1S/C23H29N3O2/c1-28-22-10-6-8-20(24-22)19-13-16-25(17-19)15-12-18-7-2-3-9-21(18)26-14-5-4-11-23(26)27/h2-3,6-10,19H,4-5,11-17H2,1H3. The van der Waals surface area contributed by atoms with E-state index in [-0.39, 0.29) is 5.91 Å². The van der Waals surface area contributed by atoms with E-state index in [0.717, 1.165) is 63.2 Å². The van der Waals surface area contributed by atoms with Gasteiger partial charge >= 0.3 is 0 Å². The lowest BCUT2D eigenvalue weighted by atomic mass is 10.0. The number of rotatable bonds is 6. The van der Waals surface area contributed by atoms with Crippen molar-refractivity contribution in [3.05, 3.63) is 53.7 Å². The van der Waals surface area contributed by atoms with Crippen molar-refractivity contribution in [2.45, 2.75) is 38.0 Å². The summed E-state index contributed by atoms with van der Waals surface area (Å²) < 4.78 is 5.27. The summed E-state index contributed by atoms with van der Waals surface area (Å²) >= 11 is 0. The first-order valence-electron chi connectivity index (χ1n) is 10.4. The highest BCUT2D eigenvalue weighted by molar-refractivity contribution is 5.94. The number of nitrogens with zero attached hydrogens (tertiary/aromatic N) is 3. The summed E-state index contributed by atoms with van der Waals surface area (Å²) in [6.45, 7) is 3.99. The molecule has 28 heavy (non-hydrogen) atoms. The molecule has 1 atom stereocenters. The molecule has 1 aromatic carbocycles. The second-order valence-electron chi connectivity index (χ2n) is 7.77. The van der Waals surface area contributed by atoms with E-state index in [9.17, 15) is 4.79 Å². The Morgan fingerprint density at radius 1 is 1.11 bits per heavy atom. The van der Waals surface area contributed by atoms with Crippen molar-refractivity contribution in [1.82, 2.24) is 9.88 Å². The lowest BCUT2D eigenvalue weighted by Gasteiger charge is -2.29. The SMILES string of the molecule is COc1cccc(C2CCN(CCc3ccccc3N3CCCCC3=O)C2)n1. The highest BCUT2D eigenvalue weighted by Crippen LogP contribution is 2.29. The Hall–Kier alpha value is -2.40. The maximum absolute atomic E-state index is 12.4. The Labute approximate surface area is 167 Å². The number of benzene rings is 1. The molecule has 1 unspecified atom stereocenters. The molecule has 2 fully saturated rings. The number of para-hydroxylation sites is 1. The molecule has 0 spiro atoms. The summed E-state index contributed by atoms with van der Waals surface area (Å²) in [6, 6.07) is 14.4. The molecule has 0 N–H and O–H groups in total. The van der Waals surface area contributed by atoms with Crippen LogP contribution in [0.1, 0.15) is 42.9 Å². The van der Waals surface area contributed by atoms with Crippen molar-refractivity contribution in [3.63, 3.8) is 0 Å². The van der Waals surface area contributed by atoms with Crippen LogP contribution in [0.15, 0.2) is 42.5 Å². The number of aromatic nitrogens is 1. The maximum atomic E-state index is 12.4. The number of pyridine rings is 1. The van der Waals surface area contributed by atoms with Gasteiger partial charge in [0.1, 0.15) is 0 Å². The number of likely N-dealkylation sites (tertiary alicyclic amines) is 1. The highest BCUT2D eigenvalue weighted by Gasteiger charge is 2.26. The predicted molar refractivity (Wildman–Crippen MR) is 111 cm³/mol. The summed E-state index contributed by atoms with van der Waals surface area (Å²) in [5.74, 6) is 1.43. The Kier molecular flexibility index (Phi) is 5.91. The summed E-state index contributed by atoms with van der Waals surface area (Å²) in [5.41, 5.74) is 3.51. The molecule has 4 rings (SSSR count). The van der Waals surface area contributed by atoms with E-state index in [1.165, 1.54) is 5.56 Å². The van der Waals surface area contributed by atoms with Gasteiger partial charge in [0, 0.05) is 49.4 Å². The van der Waals surface area contributed by atoms with Gasteiger partial charge in [0.15, 0.2) is 0 Å². The minimum absolute atomic E-state index is 0.268. The Morgan fingerprint density at radius 2 is 2.00 bits per heavy atom. The van der Waals surface area contributed by atoms with E-state index in [1.54, 1.807) is 7.11 Å². The Balaban J connectivity index is 1.38. The number of amides is 1. The average Bonchev–Trinajstić information content (AvgIpc) is 3.22. The molecule has 0 radical (unpaired) electrons. The summed E-state index contributed by atoms with van der Waals surface area (Å²) in [6.07, 6.45) is 4.90. The first-order chi connectivity index (χ1) is 13.7. The maximum Gasteiger partial charge on any atom is 0.226 e. The van der Waals surface area contributed by atoms with Gasteiger partial charge in [-0.15, -0.1) is 0 Å². The van der Waals surface area contributed by atoms with E-state index in [1.807, 2.05) is 23.1 Å². The number of carbonyl (C=O) groups excluding carboxylic acids is 1. The number of piperidine rings is 1. The van der Waals surface area contributed by atoms with Gasteiger partial charge in [-0.3, -0.25) is 4.79 Å². The number of hydrogen-bond donors (Lipinski definition) is 0. The van der Waals surface area contributed by atoms with Gasteiger partial charge in [-0.25, -0.2) is 4.98 Å². The van der Waals surface area contributed by atoms with Crippen LogP contribution in [-0.2, 0) is 11.2 Å². The average molecular weight is 380 g/mol. The third kappa shape index (κ3) is 4.20. The van der Waals surface area contributed by atoms with Crippen LogP contribution in [0.4, 0.5) is 5.69 Å². The molecule has 2 aliphatic heterocycles. The topological polar surface area (TPSA) is 45.7 Å². The molecule has 2 saturated heterocycles. The van der Waals surface area contributed by atoms with Crippen molar-refractivity contribution in [1.29, 1.82) is 0 Å². The van der Waals surface area contributed by atoms with Gasteiger partial charge in [0.25, 0.3) is 0 Å². The van der Waals surface area contributed by atoms with E-state index in [2.05, 4.69) is 34.1 Å². The fraction of sp³-hybridized carbons (Fsp3) is 0.478. The van der Waals surface area contributed by atoms with Crippen LogP contribution >= 0.6 is 0 Å². The molecule has 148 valence electrons. The van der Waals surface area contributed by atoms with Crippen LogP contribution in [0.5, 0.6) is 5.88 Å². The molecule has 1 amide bonds. The third-order valence-corrected chi connectivity index (χ3v) is 5.95. The quantitative estimate of drug-likeness (QED) is 0.769. The summed E-state index contributed by atoms with van der Waals surface area (Å²) in [4.78, 5) is 21.5. The van der Waals surface area contributed by atoms with Gasteiger partial charge in [0.05, 0.1) is 7.11 Å². The predicted octanol–water partition coefficient (Wildman–Crippen LogP) is 3.64. The summed E-state index contributed by atoms with van der Waals surface area (Å²) in [7, 11) is 1.66. The molecular formula is C23H29N3O2. The fourth-order valence-electron chi connectivity index (χ4n) is 4.37. The normalized spacial score (nSPS) is 20.5. The first-order valence-corrected chi connectivity index (χ1v) is 10.4. The van der Waals surface area contributed by atoms with Crippen molar-refractivity contribution < 1.29 is 9.53 Å². The Morgan fingerprint density at radius 3 is 2.86 bits per heavy atom. The van der Waals surface area contributed by atoms with Crippen LogP contribution in [-0.4, -0.2) is 49.1 Å². The summed E-state index contributed by atoms with van der Waals surface area (Å²) in [5, 5.41) is 0. The van der Waals surface area contributed by atoms with Crippen LogP contribution in [0, 0.1) is 0 Å². The van der Waals surface area contributed by atoms with Crippen LogP contribution in [0.25, 0.3) is 0 Å². The monoisotopic (exact) mass is 379 g/mol. The molecule has 5 heteroatoms. The van der Waals surface area contributed by atoms with E-state index in [0.29, 0.717) is 18.2 Å². The lowest BCUT2D eigenvalue weighted by Crippen LogP contribution is -2.36. The number of anilines is 1. The molecule has 1 aromatic heterocycles. The molecule has 0 saturated carbocycles. The second-order valence-corrected chi connectivity index (χ2v) is 7.77. The lowest BCUT2D eigenvalue weighted by molar-refractivity contribution is -0.119. The zero-order valence-corrected chi connectivity index (χ0v) is 16.6. The zero-order valence-electron chi connectivity index (χ0n) is 16.6. The highest BCUT2D eigenvalue weighted by atomic mass is 16.5. The van der Waals surface area contributed by atoms with E-state index < -0.39 is 0 Å². The minimum Gasteiger partial charge on any atom is -0.481 e. The smallest absolute Gasteiger partial charge is 0.226 e. The van der Waals surface area contributed by atoms with Crippen molar-refractivity contribution in [2.75, 3.05) is 38.2 Å². The van der Waals surface area contributed by atoms with Crippen molar-refractivity contribution >= 4 is 11.6 Å². The number of hydrogen-bond acceptors (Lipinski definition) is 4. The van der Waals surface area contributed by atoms with E-state index in [4.69, 9.17) is 4.74 Å². The molecule has 0 aliphatic carbocycles. The Bertz CT molecular complexity index is 823. The molecule has 5 nitrogen and oxygen atoms in total. The van der Waals surface area contributed by atoms with Crippen LogP contribution in [0.3, 0.4) is 0 Å². The molecule has 2 aromatic rings. The largest absolute Gasteiger partial charge is 0.481 e. The molecule has 3 heterocycles. The van der Waals surface area contributed by atoms with Gasteiger partial charge < -0.3 is 14.5 Å². The van der Waals surface area contributed by atoms with Crippen LogP contribution in [0.2, 0.25) is 0 Å². The van der Waals surface area contributed by atoms with E-state index >= 15 is 0 Å².